The average Bonchev–Trinajstić information content (AvgIpc) is 2.92. The number of nitrogens with zero attached hydrogens (tertiary/aromatic N) is 3. The van der Waals surface area contributed by atoms with Crippen molar-refractivity contribution in [2.24, 2.45) is 0 Å². The van der Waals surface area contributed by atoms with Gasteiger partial charge in [-0.05, 0) is 44.0 Å². The fraction of sp³-hybridized carbons (Fsp3) is 0.400. The Morgan fingerprint density at radius 1 is 1.10 bits per heavy atom. The van der Waals surface area contributed by atoms with E-state index < -0.39 is 10.0 Å². The van der Waals surface area contributed by atoms with Gasteiger partial charge < -0.3 is 5.32 Å². The van der Waals surface area contributed by atoms with Gasteiger partial charge in [0.1, 0.15) is 0 Å². The molecule has 1 aliphatic rings. The molecule has 9 heteroatoms. The SMILES string of the molecule is Cc1csc2nc(CNc3ccc(S(=O)(=O)N4CCCCCC4)cc3)cc(=O)n12. The fourth-order valence-corrected chi connectivity index (χ4v) is 5.97. The van der Waals surface area contributed by atoms with Crippen molar-refractivity contribution in [2.75, 3.05) is 18.4 Å². The Morgan fingerprint density at radius 3 is 2.48 bits per heavy atom. The van der Waals surface area contributed by atoms with E-state index in [4.69, 9.17) is 0 Å². The molecular weight excluding hydrogens is 408 g/mol. The Morgan fingerprint density at radius 2 is 1.79 bits per heavy atom. The number of hydrogen-bond donors (Lipinski definition) is 1. The molecule has 0 amide bonds. The number of nitrogens with one attached hydrogen (secondary N) is 1. The Hall–Kier alpha value is -2.23. The molecule has 3 heterocycles. The van der Waals surface area contributed by atoms with Crippen LogP contribution >= 0.6 is 11.3 Å². The van der Waals surface area contributed by atoms with Gasteiger partial charge in [-0.1, -0.05) is 12.8 Å². The molecule has 1 aromatic carbocycles. The van der Waals surface area contributed by atoms with E-state index in [9.17, 15) is 13.2 Å². The van der Waals surface area contributed by atoms with Crippen molar-refractivity contribution in [3.8, 4) is 0 Å². The van der Waals surface area contributed by atoms with Crippen molar-refractivity contribution < 1.29 is 8.42 Å². The molecule has 29 heavy (non-hydrogen) atoms. The molecule has 0 spiro atoms. The zero-order valence-electron chi connectivity index (χ0n) is 16.3. The summed E-state index contributed by atoms with van der Waals surface area (Å²) in [6.07, 6.45) is 4.01. The van der Waals surface area contributed by atoms with Gasteiger partial charge in [-0.2, -0.15) is 4.31 Å². The van der Waals surface area contributed by atoms with Crippen molar-refractivity contribution in [2.45, 2.75) is 44.0 Å². The molecule has 1 aliphatic heterocycles. The molecule has 0 atom stereocenters. The van der Waals surface area contributed by atoms with Crippen molar-refractivity contribution in [1.82, 2.24) is 13.7 Å². The maximum atomic E-state index is 12.9. The van der Waals surface area contributed by atoms with Crippen LogP contribution in [0, 0.1) is 6.92 Å². The number of aromatic nitrogens is 2. The minimum atomic E-state index is -3.45. The van der Waals surface area contributed by atoms with Gasteiger partial charge in [0.15, 0.2) is 4.96 Å². The first-order chi connectivity index (χ1) is 13.9. The van der Waals surface area contributed by atoms with Crippen LogP contribution < -0.4 is 10.9 Å². The average molecular weight is 433 g/mol. The molecule has 0 saturated carbocycles. The van der Waals surface area contributed by atoms with Crippen LogP contribution in [-0.4, -0.2) is 35.2 Å². The molecule has 1 N–H and O–H groups in total. The Kier molecular flexibility index (Phi) is 5.71. The quantitative estimate of drug-likeness (QED) is 0.669. The minimum absolute atomic E-state index is 0.0931. The van der Waals surface area contributed by atoms with Gasteiger partial charge in [0, 0.05) is 35.9 Å². The monoisotopic (exact) mass is 432 g/mol. The summed E-state index contributed by atoms with van der Waals surface area (Å²) in [6.45, 7) is 3.45. The van der Waals surface area contributed by atoms with E-state index in [1.54, 1.807) is 33.0 Å². The van der Waals surface area contributed by atoms with Crippen LogP contribution in [-0.2, 0) is 16.6 Å². The maximum Gasteiger partial charge on any atom is 0.259 e. The summed E-state index contributed by atoms with van der Waals surface area (Å²) >= 11 is 1.44. The predicted molar refractivity (Wildman–Crippen MR) is 115 cm³/mol. The minimum Gasteiger partial charge on any atom is -0.379 e. The molecule has 154 valence electrons. The summed E-state index contributed by atoms with van der Waals surface area (Å²) in [4.78, 5) is 17.8. The third-order valence-electron chi connectivity index (χ3n) is 5.16. The second kappa shape index (κ2) is 8.25. The Balaban J connectivity index is 1.46. The molecule has 0 unspecified atom stereocenters. The van der Waals surface area contributed by atoms with E-state index in [0.29, 0.717) is 35.2 Å². The normalized spacial score (nSPS) is 16.0. The third kappa shape index (κ3) is 4.22. The fourth-order valence-electron chi connectivity index (χ4n) is 3.56. The van der Waals surface area contributed by atoms with Crippen LogP contribution in [0.4, 0.5) is 5.69 Å². The van der Waals surface area contributed by atoms with Gasteiger partial charge in [0.05, 0.1) is 17.1 Å². The highest BCUT2D eigenvalue weighted by molar-refractivity contribution is 7.89. The first-order valence-electron chi connectivity index (χ1n) is 9.76. The van der Waals surface area contributed by atoms with Gasteiger partial charge in [-0.3, -0.25) is 9.20 Å². The number of sulfonamides is 1. The highest BCUT2D eigenvalue weighted by Crippen LogP contribution is 2.22. The lowest BCUT2D eigenvalue weighted by Crippen LogP contribution is -2.31. The number of benzene rings is 1. The summed E-state index contributed by atoms with van der Waals surface area (Å²) in [6, 6.07) is 8.31. The van der Waals surface area contributed by atoms with E-state index in [0.717, 1.165) is 37.1 Å². The lowest BCUT2D eigenvalue weighted by atomic mass is 10.2. The largest absolute Gasteiger partial charge is 0.379 e. The van der Waals surface area contributed by atoms with E-state index in [2.05, 4.69) is 10.3 Å². The van der Waals surface area contributed by atoms with Crippen LogP contribution in [0.5, 0.6) is 0 Å². The van der Waals surface area contributed by atoms with Crippen LogP contribution in [0.1, 0.15) is 37.1 Å². The van der Waals surface area contributed by atoms with Crippen LogP contribution in [0.2, 0.25) is 0 Å². The third-order valence-corrected chi connectivity index (χ3v) is 8.02. The van der Waals surface area contributed by atoms with Crippen molar-refractivity contribution in [3.63, 3.8) is 0 Å². The Bertz CT molecular complexity index is 1160. The highest BCUT2D eigenvalue weighted by Gasteiger charge is 2.24. The molecule has 0 bridgehead atoms. The van der Waals surface area contributed by atoms with Crippen LogP contribution in [0.3, 0.4) is 0 Å². The number of rotatable bonds is 5. The Labute approximate surface area is 174 Å². The lowest BCUT2D eigenvalue weighted by molar-refractivity contribution is 0.424. The summed E-state index contributed by atoms with van der Waals surface area (Å²) in [7, 11) is -3.45. The number of anilines is 1. The zero-order chi connectivity index (χ0) is 20.4. The maximum absolute atomic E-state index is 12.9. The lowest BCUT2D eigenvalue weighted by Gasteiger charge is -2.20. The topological polar surface area (TPSA) is 83.8 Å². The predicted octanol–water partition coefficient (Wildman–Crippen LogP) is 3.24. The molecule has 3 aromatic rings. The summed E-state index contributed by atoms with van der Waals surface area (Å²) < 4.78 is 28.9. The van der Waals surface area contributed by atoms with Crippen LogP contribution in [0.25, 0.3) is 4.96 Å². The zero-order valence-corrected chi connectivity index (χ0v) is 17.9. The molecule has 4 rings (SSSR count). The van der Waals surface area contributed by atoms with E-state index in [1.807, 2.05) is 12.3 Å². The van der Waals surface area contributed by atoms with Gasteiger partial charge in [-0.15, -0.1) is 11.3 Å². The molecule has 0 aliphatic carbocycles. The molecule has 1 fully saturated rings. The first-order valence-corrected chi connectivity index (χ1v) is 12.1. The van der Waals surface area contributed by atoms with Crippen LogP contribution in [0.15, 0.2) is 45.4 Å². The number of aryl methyl sites for hydroxylation is 1. The summed E-state index contributed by atoms with van der Waals surface area (Å²) in [5.74, 6) is 0. The smallest absolute Gasteiger partial charge is 0.259 e. The number of thiazole rings is 1. The first kappa shape index (κ1) is 20.1. The number of fused-ring (bicyclic) bond motifs is 1. The van der Waals surface area contributed by atoms with Crippen molar-refractivity contribution >= 4 is 32.0 Å². The summed E-state index contributed by atoms with van der Waals surface area (Å²) in [5, 5.41) is 5.12. The standard InChI is InChI=1S/C20H24N4O3S2/c1-15-14-28-20-22-17(12-19(25)24(15)20)13-21-16-6-8-18(9-7-16)29(26,27)23-10-4-2-3-5-11-23/h6-9,12,14,21H,2-5,10-11,13H2,1H3. The van der Waals surface area contributed by atoms with Gasteiger partial charge in [-0.25, -0.2) is 13.4 Å². The second-order valence-corrected chi connectivity index (χ2v) is 10.1. The molecule has 2 aromatic heterocycles. The van der Waals surface area contributed by atoms with Gasteiger partial charge in [0.25, 0.3) is 5.56 Å². The van der Waals surface area contributed by atoms with Crippen molar-refractivity contribution in [3.05, 3.63) is 57.5 Å². The molecule has 0 radical (unpaired) electrons. The van der Waals surface area contributed by atoms with E-state index in [1.165, 1.54) is 17.4 Å². The van der Waals surface area contributed by atoms with Crippen molar-refractivity contribution in [1.29, 1.82) is 0 Å². The van der Waals surface area contributed by atoms with Gasteiger partial charge in [0.2, 0.25) is 10.0 Å². The molecule has 7 nitrogen and oxygen atoms in total. The van der Waals surface area contributed by atoms with E-state index >= 15 is 0 Å². The molecule has 1 saturated heterocycles. The van der Waals surface area contributed by atoms with Gasteiger partial charge >= 0.3 is 0 Å². The number of hydrogen-bond acceptors (Lipinski definition) is 6. The highest BCUT2D eigenvalue weighted by atomic mass is 32.2. The van der Waals surface area contributed by atoms with E-state index in [-0.39, 0.29) is 5.56 Å². The molecular formula is C20H24N4O3S2. The summed E-state index contributed by atoms with van der Waals surface area (Å²) in [5.41, 5.74) is 2.22. The second-order valence-electron chi connectivity index (χ2n) is 7.28.